The van der Waals surface area contributed by atoms with Crippen LogP contribution in [0.1, 0.15) is 34.1 Å². The fraction of sp³-hybridized carbons (Fsp3) is 0.438. The first kappa shape index (κ1) is 19.6. The van der Waals surface area contributed by atoms with Crippen LogP contribution in [0.25, 0.3) is 0 Å². The summed E-state index contributed by atoms with van der Waals surface area (Å²) in [5, 5.41) is 0. The summed E-state index contributed by atoms with van der Waals surface area (Å²) in [7, 11) is 0. The summed E-state index contributed by atoms with van der Waals surface area (Å²) in [4.78, 5) is 35.0. The first-order chi connectivity index (χ1) is 10.0. The molecule has 0 spiro atoms. The van der Waals surface area contributed by atoms with Gasteiger partial charge in [0, 0.05) is 23.1 Å². The van der Waals surface area contributed by atoms with Crippen LogP contribution in [0.5, 0.6) is 0 Å². The fourth-order valence-corrected chi connectivity index (χ4v) is 1.14. The van der Waals surface area contributed by atoms with Crippen molar-refractivity contribution in [2.24, 2.45) is 0 Å². The maximum Gasteiger partial charge on any atom is 0.336 e. The maximum atomic E-state index is 11.8. The molecule has 0 bridgehead atoms. The summed E-state index contributed by atoms with van der Waals surface area (Å²) in [5.74, 6) is -3.95. The molecular weight excluding hydrogens is 288 g/mol. The fourth-order valence-electron chi connectivity index (χ4n) is 1.14. The van der Waals surface area contributed by atoms with Crippen molar-refractivity contribution in [3.8, 4) is 0 Å². The van der Waals surface area contributed by atoms with E-state index in [2.05, 4.69) is 19.7 Å². The van der Waals surface area contributed by atoms with Gasteiger partial charge in [0.25, 0.3) is 5.79 Å². The van der Waals surface area contributed by atoms with Crippen LogP contribution in [0.3, 0.4) is 0 Å². The molecule has 0 aromatic rings. The van der Waals surface area contributed by atoms with Crippen LogP contribution in [0.4, 0.5) is 0 Å². The van der Waals surface area contributed by atoms with Crippen LogP contribution in [-0.4, -0.2) is 30.3 Å². The zero-order chi connectivity index (χ0) is 17.5. The summed E-state index contributed by atoms with van der Waals surface area (Å²) >= 11 is 0. The van der Waals surface area contributed by atoms with E-state index in [1.165, 1.54) is 20.8 Å². The molecule has 122 valence electrons. The average Bonchev–Trinajstić information content (AvgIpc) is 2.43. The molecule has 0 fully saturated rings. The Bertz CT molecular complexity index is 487. The number of rotatable bonds is 8. The highest BCUT2D eigenvalue weighted by atomic mass is 16.7. The molecule has 22 heavy (non-hydrogen) atoms. The van der Waals surface area contributed by atoms with Crippen LogP contribution >= 0.6 is 0 Å². The van der Waals surface area contributed by atoms with Gasteiger partial charge in [-0.2, -0.15) is 0 Å². The molecule has 0 amide bonds. The second kappa shape index (κ2) is 8.17. The minimum Gasteiger partial charge on any atom is -0.454 e. The first-order valence-electron chi connectivity index (χ1n) is 6.65. The van der Waals surface area contributed by atoms with Crippen molar-refractivity contribution in [3.05, 3.63) is 36.5 Å². The minimum atomic E-state index is -1.74. The predicted octanol–water partition coefficient (Wildman–Crippen LogP) is 2.45. The lowest BCUT2D eigenvalue weighted by molar-refractivity contribution is -0.240. The third kappa shape index (κ3) is 5.95. The molecule has 6 heteroatoms. The maximum absolute atomic E-state index is 11.8. The van der Waals surface area contributed by atoms with E-state index in [1.54, 1.807) is 6.92 Å². The lowest BCUT2D eigenvalue weighted by atomic mass is 10.2. The minimum absolute atomic E-state index is 0.0779. The van der Waals surface area contributed by atoms with Gasteiger partial charge in [0.1, 0.15) is 0 Å². The molecule has 0 saturated heterocycles. The van der Waals surface area contributed by atoms with Crippen LogP contribution in [0, 0.1) is 0 Å². The number of ether oxygens (including phenoxy) is 3. The van der Waals surface area contributed by atoms with Crippen LogP contribution in [0.2, 0.25) is 0 Å². The number of esters is 3. The molecule has 6 nitrogen and oxygen atoms in total. The Morgan fingerprint density at radius 1 is 0.818 bits per heavy atom. The molecule has 0 N–H and O–H groups in total. The summed E-state index contributed by atoms with van der Waals surface area (Å²) in [5.41, 5.74) is 0.410. The molecule has 0 radical (unpaired) electrons. The summed E-state index contributed by atoms with van der Waals surface area (Å²) in [6.45, 7) is 15.9. The summed E-state index contributed by atoms with van der Waals surface area (Å²) < 4.78 is 15.3. The largest absolute Gasteiger partial charge is 0.454 e. The Labute approximate surface area is 130 Å². The van der Waals surface area contributed by atoms with Gasteiger partial charge < -0.3 is 14.2 Å². The zero-order valence-corrected chi connectivity index (χ0v) is 13.5. The molecule has 0 aliphatic heterocycles. The second-order valence-electron chi connectivity index (χ2n) is 4.96. The molecule has 0 rings (SSSR count). The Morgan fingerprint density at radius 2 is 1.18 bits per heavy atom. The van der Waals surface area contributed by atoms with Gasteiger partial charge in [-0.15, -0.1) is 0 Å². The van der Waals surface area contributed by atoms with Crippen molar-refractivity contribution < 1.29 is 28.6 Å². The quantitative estimate of drug-likeness (QED) is 0.389. The predicted molar refractivity (Wildman–Crippen MR) is 80.6 cm³/mol. The highest BCUT2D eigenvalue weighted by Gasteiger charge is 2.39. The van der Waals surface area contributed by atoms with Gasteiger partial charge in [-0.05, 0) is 20.8 Å². The van der Waals surface area contributed by atoms with E-state index < -0.39 is 30.3 Å². The van der Waals surface area contributed by atoms with Gasteiger partial charge in [0.05, 0.1) is 0 Å². The smallest absolute Gasteiger partial charge is 0.336 e. The Hall–Kier alpha value is -2.37. The van der Waals surface area contributed by atoms with Crippen molar-refractivity contribution in [1.29, 1.82) is 0 Å². The molecule has 0 atom stereocenters. The summed E-state index contributed by atoms with van der Waals surface area (Å²) in [6, 6.07) is 0. The van der Waals surface area contributed by atoms with Crippen LogP contribution < -0.4 is 0 Å². The third-order valence-corrected chi connectivity index (χ3v) is 2.56. The Kier molecular flexibility index (Phi) is 7.29. The summed E-state index contributed by atoms with van der Waals surface area (Å²) in [6.07, 6.45) is 0.0779. The number of hydrogen-bond donors (Lipinski definition) is 0. The van der Waals surface area contributed by atoms with E-state index in [0.717, 1.165) is 0 Å². The van der Waals surface area contributed by atoms with Crippen molar-refractivity contribution in [1.82, 2.24) is 0 Å². The number of carbonyl (C=O) groups excluding carboxylic acids is 3. The van der Waals surface area contributed by atoms with Crippen molar-refractivity contribution >= 4 is 17.9 Å². The standard InChI is InChI=1S/C16H22O6/c1-8-16(21-14(18)11(4)5,22-15(19)12(6)7)9-20-13(17)10(2)3/h2,4,6,8-9H2,1,3,5,7H3. The number of carbonyl (C=O) groups is 3. The Morgan fingerprint density at radius 3 is 1.45 bits per heavy atom. The first-order valence-corrected chi connectivity index (χ1v) is 6.65. The van der Waals surface area contributed by atoms with E-state index in [4.69, 9.17) is 14.2 Å². The molecule has 0 unspecified atom stereocenters. The van der Waals surface area contributed by atoms with Crippen molar-refractivity contribution in [2.75, 3.05) is 6.61 Å². The van der Waals surface area contributed by atoms with Gasteiger partial charge in [-0.25, -0.2) is 14.4 Å². The number of hydrogen-bond acceptors (Lipinski definition) is 6. The van der Waals surface area contributed by atoms with E-state index in [9.17, 15) is 14.4 Å². The zero-order valence-electron chi connectivity index (χ0n) is 13.5. The second-order valence-corrected chi connectivity index (χ2v) is 4.96. The Balaban J connectivity index is 5.31. The van der Waals surface area contributed by atoms with Gasteiger partial charge >= 0.3 is 17.9 Å². The SMILES string of the molecule is C=C(C)C(=O)OCC(CC)(OC(=O)C(=C)C)OC(=O)C(=C)C. The van der Waals surface area contributed by atoms with Crippen molar-refractivity contribution in [2.45, 2.75) is 39.9 Å². The van der Waals surface area contributed by atoms with Gasteiger partial charge in [0.15, 0.2) is 6.61 Å². The molecule has 0 heterocycles. The topological polar surface area (TPSA) is 78.9 Å². The highest BCUT2D eigenvalue weighted by Crippen LogP contribution is 2.22. The van der Waals surface area contributed by atoms with E-state index >= 15 is 0 Å². The van der Waals surface area contributed by atoms with Gasteiger partial charge in [0.2, 0.25) is 0 Å². The molecule has 0 aromatic carbocycles. The monoisotopic (exact) mass is 310 g/mol. The normalized spacial score (nSPS) is 10.4. The molecular formula is C16H22O6. The van der Waals surface area contributed by atoms with E-state index in [1.807, 2.05) is 0 Å². The average molecular weight is 310 g/mol. The van der Waals surface area contributed by atoms with Crippen molar-refractivity contribution in [3.63, 3.8) is 0 Å². The molecule has 0 aromatic heterocycles. The molecule has 0 saturated carbocycles. The van der Waals surface area contributed by atoms with Crippen LogP contribution in [0.15, 0.2) is 36.5 Å². The third-order valence-electron chi connectivity index (χ3n) is 2.56. The van der Waals surface area contributed by atoms with E-state index in [-0.39, 0.29) is 23.1 Å². The molecule has 0 aliphatic carbocycles. The lowest BCUT2D eigenvalue weighted by Crippen LogP contribution is -2.45. The van der Waals surface area contributed by atoms with Crippen LogP contribution in [-0.2, 0) is 28.6 Å². The van der Waals surface area contributed by atoms with Gasteiger partial charge in [-0.1, -0.05) is 26.7 Å². The van der Waals surface area contributed by atoms with Gasteiger partial charge in [-0.3, -0.25) is 0 Å². The highest BCUT2D eigenvalue weighted by molar-refractivity contribution is 5.89. The molecule has 0 aliphatic rings. The lowest BCUT2D eigenvalue weighted by Gasteiger charge is -2.31. The van der Waals surface area contributed by atoms with E-state index in [0.29, 0.717) is 0 Å².